The summed E-state index contributed by atoms with van der Waals surface area (Å²) >= 11 is 0. The maximum atomic E-state index is 13.5. The van der Waals surface area contributed by atoms with E-state index in [9.17, 15) is 17.6 Å². The molecule has 0 bridgehead atoms. The monoisotopic (exact) mass is 351 g/mol. The third-order valence-electron chi connectivity index (χ3n) is 3.18. The van der Waals surface area contributed by atoms with Crippen molar-refractivity contribution in [1.82, 2.24) is 10.3 Å². The van der Waals surface area contributed by atoms with Gasteiger partial charge >= 0.3 is 5.97 Å². The zero-order valence-electron chi connectivity index (χ0n) is 12.2. The summed E-state index contributed by atoms with van der Waals surface area (Å²) in [6, 6.07) is 7.62. The van der Waals surface area contributed by atoms with Crippen molar-refractivity contribution < 1.29 is 27.0 Å². The van der Waals surface area contributed by atoms with Gasteiger partial charge in [-0.1, -0.05) is 0 Å². The van der Waals surface area contributed by atoms with Gasteiger partial charge in [-0.3, -0.25) is 4.72 Å². The molecule has 0 fully saturated rings. The van der Waals surface area contributed by atoms with Gasteiger partial charge in [-0.15, -0.1) is 0 Å². The summed E-state index contributed by atoms with van der Waals surface area (Å²) < 4.78 is 49.7. The molecule has 0 saturated heterocycles. The van der Waals surface area contributed by atoms with Gasteiger partial charge in [-0.25, -0.2) is 22.2 Å². The minimum atomic E-state index is -4.06. The Kier molecular flexibility index (Phi) is 3.89. The van der Waals surface area contributed by atoms with Gasteiger partial charge in [0.2, 0.25) is 0 Å². The second-order valence-corrected chi connectivity index (χ2v) is 6.33. The van der Waals surface area contributed by atoms with Gasteiger partial charge in [0, 0.05) is 5.69 Å². The fourth-order valence-electron chi connectivity index (χ4n) is 2.03. The molecule has 1 heterocycles. The topological polar surface area (TPSA) is 111 Å². The lowest BCUT2D eigenvalue weighted by Gasteiger charge is -2.08. The molecule has 0 radical (unpaired) electrons. The minimum absolute atomic E-state index is 0.205. The Morgan fingerprint density at radius 3 is 2.46 bits per heavy atom. The van der Waals surface area contributed by atoms with Crippen LogP contribution in [0.25, 0.3) is 11.0 Å². The van der Waals surface area contributed by atoms with E-state index < -0.39 is 21.8 Å². The molecular formula is C14H10FN3O5S. The highest BCUT2D eigenvalue weighted by atomic mass is 32.2. The van der Waals surface area contributed by atoms with Crippen LogP contribution in [0.4, 0.5) is 10.1 Å². The molecule has 0 aliphatic heterocycles. The summed E-state index contributed by atoms with van der Waals surface area (Å²) in [4.78, 5) is 11.1. The molecule has 1 aromatic heterocycles. The first-order chi connectivity index (χ1) is 11.4. The Bertz CT molecular complexity index is 1010. The van der Waals surface area contributed by atoms with E-state index in [1.807, 2.05) is 0 Å². The van der Waals surface area contributed by atoms with Crippen molar-refractivity contribution in [1.29, 1.82) is 0 Å². The molecule has 0 aliphatic rings. The number of sulfonamides is 1. The van der Waals surface area contributed by atoms with Crippen molar-refractivity contribution in [3.63, 3.8) is 0 Å². The number of halogens is 1. The molecule has 0 unspecified atom stereocenters. The lowest BCUT2D eigenvalue weighted by atomic mass is 10.2. The SMILES string of the molecule is COC(=O)c1ccc(NS(=O)(=O)c2ccc(F)c3nonc23)cc1. The highest BCUT2D eigenvalue weighted by Crippen LogP contribution is 2.24. The van der Waals surface area contributed by atoms with Crippen LogP contribution in [-0.4, -0.2) is 31.8 Å². The highest BCUT2D eigenvalue weighted by molar-refractivity contribution is 7.93. The second kappa shape index (κ2) is 5.89. The van der Waals surface area contributed by atoms with E-state index in [-0.39, 0.29) is 27.2 Å². The summed E-state index contributed by atoms with van der Waals surface area (Å²) in [7, 11) is -2.82. The Morgan fingerprint density at radius 1 is 1.12 bits per heavy atom. The summed E-state index contributed by atoms with van der Waals surface area (Å²) in [5.41, 5.74) is -0.0190. The van der Waals surface area contributed by atoms with Crippen LogP contribution in [0.2, 0.25) is 0 Å². The van der Waals surface area contributed by atoms with E-state index in [0.717, 1.165) is 12.1 Å². The van der Waals surface area contributed by atoms with Crippen molar-refractivity contribution in [3.05, 3.63) is 47.8 Å². The number of carbonyl (C=O) groups is 1. The number of anilines is 1. The number of methoxy groups -OCH3 is 1. The first-order valence-electron chi connectivity index (χ1n) is 6.54. The van der Waals surface area contributed by atoms with Crippen molar-refractivity contribution >= 4 is 32.7 Å². The molecule has 8 nitrogen and oxygen atoms in total. The van der Waals surface area contributed by atoms with Gasteiger partial charge in [-0.05, 0) is 46.7 Å². The molecule has 3 aromatic rings. The fourth-order valence-corrected chi connectivity index (χ4v) is 3.22. The van der Waals surface area contributed by atoms with Gasteiger partial charge < -0.3 is 4.74 Å². The molecule has 0 saturated carbocycles. The van der Waals surface area contributed by atoms with E-state index >= 15 is 0 Å². The number of hydrogen-bond donors (Lipinski definition) is 1. The van der Waals surface area contributed by atoms with Crippen molar-refractivity contribution in [3.8, 4) is 0 Å². The number of nitrogens with one attached hydrogen (secondary N) is 1. The second-order valence-electron chi connectivity index (χ2n) is 4.68. The molecule has 0 spiro atoms. The minimum Gasteiger partial charge on any atom is -0.465 e. The summed E-state index contributed by atoms with van der Waals surface area (Å²) in [6.45, 7) is 0. The van der Waals surface area contributed by atoms with E-state index in [2.05, 4.69) is 24.4 Å². The summed E-state index contributed by atoms with van der Waals surface area (Å²) in [5.74, 6) is -1.29. The van der Waals surface area contributed by atoms with Crippen LogP contribution in [0.3, 0.4) is 0 Å². The van der Waals surface area contributed by atoms with Crippen molar-refractivity contribution in [2.24, 2.45) is 0 Å². The number of hydrogen-bond acceptors (Lipinski definition) is 7. The third kappa shape index (κ3) is 2.78. The maximum absolute atomic E-state index is 13.5. The molecule has 0 amide bonds. The number of nitrogens with zero attached hydrogens (tertiary/aromatic N) is 2. The average molecular weight is 351 g/mol. The van der Waals surface area contributed by atoms with Crippen molar-refractivity contribution in [2.75, 3.05) is 11.8 Å². The predicted molar refractivity (Wildman–Crippen MR) is 80.4 cm³/mol. The van der Waals surface area contributed by atoms with Gasteiger partial charge in [0.15, 0.2) is 16.9 Å². The van der Waals surface area contributed by atoms with Crippen LogP contribution in [-0.2, 0) is 14.8 Å². The quantitative estimate of drug-likeness (QED) is 0.715. The van der Waals surface area contributed by atoms with E-state index in [1.165, 1.54) is 31.4 Å². The molecule has 2 aromatic carbocycles. The fraction of sp³-hybridized carbons (Fsp3) is 0.0714. The number of esters is 1. The predicted octanol–water partition coefficient (Wildman–Crippen LogP) is 1.95. The van der Waals surface area contributed by atoms with Crippen LogP contribution in [0.1, 0.15) is 10.4 Å². The van der Waals surface area contributed by atoms with Gasteiger partial charge in [-0.2, -0.15) is 0 Å². The van der Waals surface area contributed by atoms with Crippen LogP contribution in [0.5, 0.6) is 0 Å². The molecule has 10 heteroatoms. The largest absolute Gasteiger partial charge is 0.465 e. The van der Waals surface area contributed by atoms with Gasteiger partial charge in [0.1, 0.15) is 4.90 Å². The zero-order chi connectivity index (χ0) is 17.3. The molecule has 124 valence electrons. The molecule has 0 atom stereocenters. The Labute approximate surface area is 135 Å². The van der Waals surface area contributed by atoms with Crippen LogP contribution in [0, 0.1) is 5.82 Å². The lowest BCUT2D eigenvalue weighted by Crippen LogP contribution is -2.14. The smallest absolute Gasteiger partial charge is 0.337 e. The molecule has 0 aliphatic carbocycles. The average Bonchev–Trinajstić information content (AvgIpc) is 3.05. The molecule has 1 N–H and O–H groups in total. The zero-order valence-corrected chi connectivity index (χ0v) is 13.0. The normalized spacial score (nSPS) is 11.4. The van der Waals surface area contributed by atoms with Crippen LogP contribution >= 0.6 is 0 Å². The number of carbonyl (C=O) groups excluding carboxylic acids is 1. The van der Waals surface area contributed by atoms with Crippen LogP contribution < -0.4 is 4.72 Å². The summed E-state index contributed by atoms with van der Waals surface area (Å²) in [6.07, 6.45) is 0. The molecule has 24 heavy (non-hydrogen) atoms. The first kappa shape index (κ1) is 15.9. The Balaban J connectivity index is 1.95. The maximum Gasteiger partial charge on any atom is 0.337 e. The first-order valence-corrected chi connectivity index (χ1v) is 8.02. The number of ether oxygens (including phenoxy) is 1. The molecule has 3 rings (SSSR count). The number of aromatic nitrogens is 2. The number of benzene rings is 2. The standard InChI is InChI=1S/C14H10FN3O5S/c1-22-14(19)8-2-4-9(5-3-8)18-24(20,21)11-7-6-10(15)12-13(11)17-23-16-12/h2-7,18H,1H3. The Hall–Kier alpha value is -3.01. The van der Waals surface area contributed by atoms with Gasteiger partial charge in [0.25, 0.3) is 10.0 Å². The van der Waals surface area contributed by atoms with E-state index in [0.29, 0.717) is 0 Å². The highest BCUT2D eigenvalue weighted by Gasteiger charge is 2.22. The number of rotatable bonds is 4. The molecular weight excluding hydrogens is 341 g/mol. The van der Waals surface area contributed by atoms with E-state index in [1.54, 1.807) is 0 Å². The third-order valence-corrected chi connectivity index (χ3v) is 4.59. The summed E-state index contributed by atoms with van der Waals surface area (Å²) in [5, 5.41) is 6.76. The van der Waals surface area contributed by atoms with Crippen LogP contribution in [0.15, 0.2) is 45.9 Å². The van der Waals surface area contributed by atoms with Crippen molar-refractivity contribution in [2.45, 2.75) is 4.90 Å². The lowest BCUT2D eigenvalue weighted by molar-refractivity contribution is 0.0601. The Morgan fingerprint density at radius 2 is 1.79 bits per heavy atom. The number of fused-ring (bicyclic) bond motifs is 1. The van der Waals surface area contributed by atoms with E-state index in [4.69, 9.17) is 0 Å². The van der Waals surface area contributed by atoms with Gasteiger partial charge in [0.05, 0.1) is 12.7 Å².